The van der Waals surface area contributed by atoms with E-state index in [9.17, 15) is 4.79 Å². The number of unbranched alkanes of at least 4 members (excludes halogenated alkanes) is 1. The molecule has 0 atom stereocenters. The Kier molecular flexibility index (Phi) is 13.9. The molecule has 1 fully saturated rings. The summed E-state index contributed by atoms with van der Waals surface area (Å²) in [5, 5.41) is 0. The zero-order chi connectivity index (χ0) is 22.9. The van der Waals surface area contributed by atoms with Gasteiger partial charge in [-0.05, 0) is 58.4 Å². The van der Waals surface area contributed by atoms with E-state index in [0.717, 1.165) is 55.5 Å². The summed E-state index contributed by atoms with van der Waals surface area (Å²) < 4.78 is 1.81. The highest BCUT2D eigenvalue weighted by atomic mass is 16.1. The summed E-state index contributed by atoms with van der Waals surface area (Å²) in [6, 6.07) is 1.98. The molecule has 0 amide bonds. The first kappa shape index (κ1) is 26.5. The molecule has 1 saturated carbocycles. The largest absolute Gasteiger partial charge is 0.296 e. The van der Waals surface area contributed by atoms with Crippen LogP contribution in [0.4, 0.5) is 0 Å². The highest BCUT2D eigenvalue weighted by molar-refractivity contribution is 5.59. The van der Waals surface area contributed by atoms with Crippen LogP contribution in [-0.4, -0.2) is 15.8 Å². The Bertz CT molecular complexity index is 821. The van der Waals surface area contributed by atoms with Crippen molar-refractivity contribution in [1.82, 2.24) is 9.55 Å². The van der Waals surface area contributed by atoms with Crippen LogP contribution in [0, 0.1) is 0 Å². The van der Waals surface area contributed by atoms with Crippen LogP contribution < -0.4 is 5.56 Å². The van der Waals surface area contributed by atoms with Gasteiger partial charge in [0.05, 0.1) is 12.0 Å². The van der Waals surface area contributed by atoms with E-state index < -0.39 is 0 Å². The molecule has 0 aliphatic heterocycles. The lowest BCUT2D eigenvalue weighted by Gasteiger charge is -2.23. The molecule has 4 heteroatoms. The number of aliphatic imine (C=N–C) groups is 1. The number of hydrogen-bond acceptors (Lipinski definition) is 3. The Morgan fingerprint density at radius 2 is 1.90 bits per heavy atom. The first-order valence-electron chi connectivity index (χ1n) is 11.8. The predicted octanol–water partition coefficient (Wildman–Crippen LogP) is 7.46. The maximum Gasteiger partial charge on any atom is 0.254 e. The fourth-order valence-electron chi connectivity index (χ4n) is 3.41. The van der Waals surface area contributed by atoms with E-state index in [2.05, 4.69) is 34.8 Å². The molecule has 0 bridgehead atoms. The van der Waals surface area contributed by atoms with E-state index in [1.54, 1.807) is 12.4 Å². The van der Waals surface area contributed by atoms with Crippen LogP contribution >= 0.6 is 0 Å². The van der Waals surface area contributed by atoms with Gasteiger partial charge in [-0.3, -0.25) is 14.4 Å². The number of rotatable bonds is 10. The van der Waals surface area contributed by atoms with E-state index in [4.69, 9.17) is 0 Å². The molecule has 0 radical (unpaired) electrons. The topological polar surface area (TPSA) is 47.2 Å². The third-order valence-electron chi connectivity index (χ3n) is 5.27. The van der Waals surface area contributed by atoms with E-state index in [-0.39, 0.29) is 5.56 Å². The fraction of sp³-hybridized carbons (Fsp3) is 0.519. The third kappa shape index (κ3) is 10.9. The predicted molar refractivity (Wildman–Crippen MR) is 136 cm³/mol. The lowest BCUT2D eigenvalue weighted by molar-refractivity contribution is 0.343. The first-order chi connectivity index (χ1) is 15.1. The van der Waals surface area contributed by atoms with Crippen LogP contribution in [0.2, 0.25) is 0 Å². The zero-order valence-corrected chi connectivity index (χ0v) is 20.0. The molecule has 1 aliphatic rings. The molecule has 31 heavy (non-hydrogen) atoms. The molecule has 1 heterocycles. The lowest BCUT2D eigenvalue weighted by Crippen LogP contribution is -2.26. The summed E-state index contributed by atoms with van der Waals surface area (Å²) >= 11 is 0. The van der Waals surface area contributed by atoms with Crippen molar-refractivity contribution in [2.24, 2.45) is 4.99 Å². The lowest BCUT2D eigenvalue weighted by atomic mass is 9.95. The van der Waals surface area contributed by atoms with Crippen LogP contribution in [0.15, 0.2) is 64.3 Å². The van der Waals surface area contributed by atoms with E-state index >= 15 is 0 Å². The van der Waals surface area contributed by atoms with E-state index in [1.807, 2.05) is 50.6 Å². The first-order valence-corrected chi connectivity index (χ1v) is 11.8. The van der Waals surface area contributed by atoms with Crippen molar-refractivity contribution in [2.75, 3.05) is 0 Å². The van der Waals surface area contributed by atoms with Gasteiger partial charge in [0.15, 0.2) is 0 Å². The maximum atomic E-state index is 12.4. The van der Waals surface area contributed by atoms with Crippen LogP contribution in [0.1, 0.15) is 97.2 Å². The Hall–Kier alpha value is -2.49. The van der Waals surface area contributed by atoms with Crippen molar-refractivity contribution in [1.29, 1.82) is 0 Å². The Morgan fingerprint density at radius 3 is 2.58 bits per heavy atom. The highest BCUT2D eigenvalue weighted by Gasteiger charge is 2.16. The Morgan fingerprint density at radius 1 is 1.19 bits per heavy atom. The molecule has 4 nitrogen and oxygen atoms in total. The van der Waals surface area contributed by atoms with Gasteiger partial charge in [-0.1, -0.05) is 69.6 Å². The molecule has 0 saturated heterocycles. The third-order valence-corrected chi connectivity index (χ3v) is 5.27. The molecular weight excluding hydrogens is 382 g/mol. The second-order valence-electron chi connectivity index (χ2n) is 7.67. The van der Waals surface area contributed by atoms with Crippen LogP contribution in [0.3, 0.4) is 0 Å². The van der Waals surface area contributed by atoms with Gasteiger partial charge in [0.25, 0.3) is 5.56 Å². The Balaban J connectivity index is 0.00000233. The zero-order valence-electron chi connectivity index (χ0n) is 20.0. The van der Waals surface area contributed by atoms with Crippen molar-refractivity contribution in [2.45, 2.75) is 91.5 Å². The van der Waals surface area contributed by atoms with E-state index in [1.165, 1.54) is 19.3 Å². The van der Waals surface area contributed by atoms with Gasteiger partial charge in [-0.2, -0.15) is 0 Å². The normalized spacial score (nSPS) is 15.5. The van der Waals surface area contributed by atoms with Crippen molar-refractivity contribution >= 4 is 12.3 Å². The second kappa shape index (κ2) is 16.2. The molecule has 0 aromatic carbocycles. The maximum absolute atomic E-state index is 12.4. The minimum absolute atomic E-state index is 0.0657. The van der Waals surface area contributed by atoms with Gasteiger partial charge < -0.3 is 0 Å². The van der Waals surface area contributed by atoms with Gasteiger partial charge in [0.2, 0.25) is 0 Å². The van der Waals surface area contributed by atoms with Crippen LogP contribution in [0.25, 0.3) is 6.08 Å². The molecule has 170 valence electrons. The average molecular weight is 424 g/mol. The summed E-state index contributed by atoms with van der Waals surface area (Å²) in [5.41, 5.74) is 2.97. The van der Waals surface area contributed by atoms with Crippen LogP contribution in [-0.2, 0) is 0 Å². The number of allylic oxidation sites excluding steroid dienone is 6. The number of nitrogens with zero attached hydrogens (tertiary/aromatic N) is 3. The van der Waals surface area contributed by atoms with Crippen molar-refractivity contribution in [3.8, 4) is 0 Å². The van der Waals surface area contributed by atoms with Crippen LogP contribution in [0.5, 0.6) is 0 Å². The van der Waals surface area contributed by atoms with Crippen molar-refractivity contribution in [3.05, 3.63) is 70.6 Å². The van der Waals surface area contributed by atoms with Gasteiger partial charge in [-0.25, -0.2) is 4.98 Å². The number of hydrogen-bond donors (Lipinski definition) is 0. The summed E-state index contributed by atoms with van der Waals surface area (Å²) in [6.07, 6.45) is 23.5. The summed E-state index contributed by atoms with van der Waals surface area (Å²) in [4.78, 5) is 21.2. The molecule has 2 rings (SSSR count). The standard InChI is InChI=1S/C25H35N3O.C2H6/c1-4-22(3)26-18-12-14-21(2)13-8-5-6-9-15-23-19-25(29)28(20-27-23)24-16-10-7-11-17-24;1-2/h4,8-9,13,15,18-20,24H,2,5-7,10-12,14,16-17H2,1,3H3;1-2H3/b13-8+,15-9+,22-4-,26-18?;. The fourth-order valence-corrected chi connectivity index (χ4v) is 3.41. The number of aromatic nitrogens is 2. The van der Waals surface area contributed by atoms with Gasteiger partial charge in [0.1, 0.15) is 0 Å². The highest BCUT2D eigenvalue weighted by Crippen LogP contribution is 2.26. The molecular formula is C27H41N3O. The van der Waals surface area contributed by atoms with Gasteiger partial charge in [-0.15, -0.1) is 0 Å². The average Bonchev–Trinajstić information content (AvgIpc) is 2.80. The van der Waals surface area contributed by atoms with Gasteiger partial charge in [0, 0.05) is 24.0 Å². The molecule has 1 aromatic heterocycles. The van der Waals surface area contributed by atoms with Crippen molar-refractivity contribution in [3.63, 3.8) is 0 Å². The monoisotopic (exact) mass is 423 g/mol. The second-order valence-corrected chi connectivity index (χ2v) is 7.67. The minimum atomic E-state index is 0.0657. The molecule has 1 aromatic rings. The Labute approximate surface area is 189 Å². The molecule has 0 N–H and O–H groups in total. The summed E-state index contributed by atoms with van der Waals surface area (Å²) in [7, 11) is 0. The van der Waals surface area contributed by atoms with E-state index in [0.29, 0.717) is 6.04 Å². The quantitative estimate of drug-likeness (QED) is 0.223. The smallest absolute Gasteiger partial charge is 0.254 e. The minimum Gasteiger partial charge on any atom is -0.296 e. The molecule has 0 spiro atoms. The molecule has 1 aliphatic carbocycles. The summed E-state index contributed by atoms with van der Waals surface area (Å²) in [5.74, 6) is 0. The summed E-state index contributed by atoms with van der Waals surface area (Å²) in [6.45, 7) is 12.1. The SMILES string of the molecule is C=C(/C=C/CC/C=C/c1cc(=O)n(C2CCCCC2)cn1)CCC=N/C(C)=C\C.CC. The molecule has 0 unspecified atom stereocenters. The van der Waals surface area contributed by atoms with Crippen molar-refractivity contribution < 1.29 is 0 Å². The van der Waals surface area contributed by atoms with Gasteiger partial charge >= 0.3 is 0 Å².